The quantitative estimate of drug-likeness (QED) is 0.671. The lowest BCUT2D eigenvalue weighted by Crippen LogP contribution is -2.02. The molecule has 1 aromatic carbocycles. The highest BCUT2D eigenvalue weighted by Gasteiger charge is 2.06. The smallest absolute Gasteiger partial charge is 0.168 e. The van der Waals surface area contributed by atoms with Crippen molar-refractivity contribution in [2.75, 3.05) is 0 Å². The van der Waals surface area contributed by atoms with Crippen LogP contribution in [0.3, 0.4) is 0 Å². The van der Waals surface area contributed by atoms with Gasteiger partial charge in [0.1, 0.15) is 5.69 Å². The molecule has 21 heavy (non-hydrogen) atoms. The topological polar surface area (TPSA) is 34.9 Å². The zero-order chi connectivity index (χ0) is 14.8. The van der Waals surface area contributed by atoms with Crippen LogP contribution in [0.25, 0.3) is 22.2 Å². The molecule has 3 heteroatoms. The van der Waals surface area contributed by atoms with Gasteiger partial charge >= 0.3 is 0 Å². The van der Waals surface area contributed by atoms with Crippen molar-refractivity contribution in [3.8, 4) is 11.3 Å². The third-order valence-corrected chi connectivity index (χ3v) is 3.52. The Hall–Kier alpha value is -2.42. The van der Waals surface area contributed by atoms with Crippen molar-refractivity contribution in [2.45, 2.75) is 20.4 Å². The number of hydrogen-bond donors (Lipinski definition) is 0. The van der Waals surface area contributed by atoms with Gasteiger partial charge in [-0.3, -0.25) is 4.79 Å². The number of nitrogens with zero attached hydrogens (tertiary/aromatic N) is 2. The summed E-state index contributed by atoms with van der Waals surface area (Å²) < 4.78 is 2.28. The Bertz CT molecular complexity index is 787. The maximum atomic E-state index is 10.8. The summed E-state index contributed by atoms with van der Waals surface area (Å²) in [6, 6.07) is 14.0. The van der Waals surface area contributed by atoms with Crippen LogP contribution in [0.5, 0.6) is 0 Å². The van der Waals surface area contributed by atoms with Gasteiger partial charge in [-0.15, -0.1) is 0 Å². The van der Waals surface area contributed by atoms with Crippen LogP contribution < -0.4 is 0 Å². The van der Waals surface area contributed by atoms with Gasteiger partial charge in [-0.05, 0) is 36.2 Å². The predicted molar refractivity (Wildman–Crippen MR) is 85.4 cm³/mol. The summed E-state index contributed by atoms with van der Waals surface area (Å²) in [5, 5.41) is 1.20. The van der Waals surface area contributed by atoms with Crippen LogP contribution >= 0.6 is 0 Å². The Morgan fingerprint density at radius 3 is 2.81 bits per heavy atom. The molecule has 0 saturated heterocycles. The van der Waals surface area contributed by atoms with Crippen LogP contribution in [0.15, 0.2) is 48.7 Å². The van der Waals surface area contributed by atoms with Crippen molar-refractivity contribution in [3.63, 3.8) is 0 Å². The molecule has 0 aliphatic heterocycles. The van der Waals surface area contributed by atoms with Gasteiger partial charge in [0.25, 0.3) is 0 Å². The molecule has 0 fully saturated rings. The van der Waals surface area contributed by atoms with Gasteiger partial charge < -0.3 is 4.57 Å². The first-order chi connectivity index (χ1) is 10.2. The Labute approximate surface area is 124 Å². The molecule has 3 aromatic rings. The van der Waals surface area contributed by atoms with Crippen LogP contribution in [-0.4, -0.2) is 15.8 Å². The second-order valence-corrected chi connectivity index (χ2v) is 5.70. The Kier molecular flexibility index (Phi) is 3.57. The zero-order valence-corrected chi connectivity index (χ0v) is 12.3. The van der Waals surface area contributed by atoms with Gasteiger partial charge in [0, 0.05) is 29.2 Å². The summed E-state index contributed by atoms with van der Waals surface area (Å²) in [7, 11) is 0. The van der Waals surface area contributed by atoms with Gasteiger partial charge in [0.2, 0.25) is 0 Å². The fourth-order valence-corrected chi connectivity index (χ4v) is 2.59. The van der Waals surface area contributed by atoms with Crippen molar-refractivity contribution in [1.29, 1.82) is 0 Å². The minimum atomic E-state index is 0.463. The van der Waals surface area contributed by atoms with Gasteiger partial charge in [-0.1, -0.05) is 26.0 Å². The average molecular weight is 278 g/mol. The fourth-order valence-electron chi connectivity index (χ4n) is 2.59. The number of pyridine rings is 1. The molecule has 3 nitrogen and oxygen atoms in total. The van der Waals surface area contributed by atoms with E-state index in [0.29, 0.717) is 11.6 Å². The number of fused-ring (bicyclic) bond motifs is 1. The molecule has 0 aliphatic rings. The average Bonchev–Trinajstić information content (AvgIpc) is 2.89. The number of carbonyl (C=O) groups excluding carboxylic acids is 1. The van der Waals surface area contributed by atoms with E-state index in [1.165, 1.54) is 10.9 Å². The molecule has 0 radical (unpaired) electrons. The molecule has 2 aromatic heterocycles. The largest absolute Gasteiger partial charge is 0.347 e. The van der Waals surface area contributed by atoms with E-state index in [-0.39, 0.29) is 0 Å². The van der Waals surface area contributed by atoms with Crippen LogP contribution in [0, 0.1) is 5.92 Å². The van der Waals surface area contributed by atoms with Gasteiger partial charge in [0.15, 0.2) is 6.29 Å². The number of aldehydes is 1. The highest BCUT2D eigenvalue weighted by atomic mass is 16.1. The molecular weight excluding hydrogens is 260 g/mol. The summed E-state index contributed by atoms with van der Waals surface area (Å²) in [4.78, 5) is 15.2. The van der Waals surface area contributed by atoms with Crippen molar-refractivity contribution in [1.82, 2.24) is 9.55 Å². The van der Waals surface area contributed by atoms with E-state index >= 15 is 0 Å². The molecule has 106 valence electrons. The lowest BCUT2D eigenvalue weighted by atomic mass is 10.1. The van der Waals surface area contributed by atoms with Gasteiger partial charge in [-0.25, -0.2) is 4.98 Å². The molecule has 0 N–H and O–H groups in total. The Balaban J connectivity index is 2.03. The van der Waals surface area contributed by atoms with Crippen molar-refractivity contribution < 1.29 is 4.79 Å². The first-order valence-corrected chi connectivity index (χ1v) is 7.19. The number of aromatic nitrogens is 2. The second kappa shape index (κ2) is 5.52. The third kappa shape index (κ3) is 2.72. The molecule has 3 rings (SSSR count). The minimum Gasteiger partial charge on any atom is -0.347 e. The van der Waals surface area contributed by atoms with E-state index < -0.39 is 0 Å². The van der Waals surface area contributed by atoms with E-state index in [2.05, 4.69) is 53.9 Å². The van der Waals surface area contributed by atoms with E-state index in [1.54, 1.807) is 6.07 Å². The number of rotatable bonds is 4. The Morgan fingerprint density at radius 2 is 2.05 bits per heavy atom. The molecule has 0 unspecified atom stereocenters. The SMILES string of the molecule is CC(C)Cn1ccc2cc(-c3cccc(C=O)n3)ccc21. The highest BCUT2D eigenvalue weighted by molar-refractivity contribution is 5.85. The lowest BCUT2D eigenvalue weighted by molar-refractivity contribution is 0.111. The molecule has 0 atom stereocenters. The van der Waals surface area contributed by atoms with Crippen molar-refractivity contribution in [2.24, 2.45) is 5.92 Å². The standard InChI is InChI=1S/C18H18N2O/c1-13(2)11-20-9-8-15-10-14(6-7-18(15)20)17-5-3-4-16(12-21)19-17/h3-10,12-13H,11H2,1-2H3. The molecule has 0 aliphatic carbocycles. The van der Waals surface area contributed by atoms with Crippen LogP contribution in [-0.2, 0) is 6.54 Å². The maximum Gasteiger partial charge on any atom is 0.168 e. The van der Waals surface area contributed by atoms with Crippen molar-refractivity contribution in [3.05, 3.63) is 54.4 Å². The summed E-state index contributed by atoms with van der Waals surface area (Å²) in [6.45, 7) is 5.45. The zero-order valence-electron chi connectivity index (χ0n) is 12.3. The van der Waals surface area contributed by atoms with Crippen molar-refractivity contribution >= 4 is 17.2 Å². The summed E-state index contributed by atoms with van der Waals surface area (Å²) in [5.41, 5.74) is 3.57. The van der Waals surface area contributed by atoms with Gasteiger partial charge in [0.05, 0.1) is 5.69 Å². The third-order valence-electron chi connectivity index (χ3n) is 3.52. The molecule has 0 saturated carbocycles. The Morgan fingerprint density at radius 1 is 1.19 bits per heavy atom. The predicted octanol–water partition coefficient (Wildman–Crippen LogP) is 4.17. The maximum absolute atomic E-state index is 10.8. The molecule has 0 spiro atoms. The summed E-state index contributed by atoms with van der Waals surface area (Å²) in [5.74, 6) is 0.617. The summed E-state index contributed by atoms with van der Waals surface area (Å²) >= 11 is 0. The number of carbonyl (C=O) groups is 1. The van der Waals surface area contributed by atoms with E-state index in [0.717, 1.165) is 24.1 Å². The first kappa shape index (κ1) is 13.6. The minimum absolute atomic E-state index is 0.463. The fraction of sp³-hybridized carbons (Fsp3) is 0.222. The summed E-state index contributed by atoms with van der Waals surface area (Å²) in [6.07, 6.45) is 2.91. The highest BCUT2D eigenvalue weighted by Crippen LogP contribution is 2.24. The van der Waals surface area contributed by atoms with Crippen LogP contribution in [0.4, 0.5) is 0 Å². The molecule has 2 heterocycles. The van der Waals surface area contributed by atoms with Gasteiger partial charge in [-0.2, -0.15) is 0 Å². The number of hydrogen-bond acceptors (Lipinski definition) is 2. The normalized spacial score (nSPS) is 11.2. The van der Waals surface area contributed by atoms with Crippen LogP contribution in [0.1, 0.15) is 24.3 Å². The lowest BCUT2D eigenvalue weighted by Gasteiger charge is -2.09. The first-order valence-electron chi connectivity index (χ1n) is 7.19. The van der Waals surface area contributed by atoms with E-state index in [9.17, 15) is 4.79 Å². The molecular formula is C18H18N2O. The van der Waals surface area contributed by atoms with E-state index in [1.807, 2.05) is 12.1 Å². The van der Waals surface area contributed by atoms with E-state index in [4.69, 9.17) is 0 Å². The second-order valence-electron chi connectivity index (χ2n) is 5.70. The monoisotopic (exact) mass is 278 g/mol. The molecule has 0 bridgehead atoms. The van der Waals surface area contributed by atoms with Crippen LogP contribution in [0.2, 0.25) is 0 Å². The molecule has 0 amide bonds. The number of benzene rings is 1.